The minimum atomic E-state index is 0. The summed E-state index contributed by atoms with van der Waals surface area (Å²) in [6.45, 7) is 4.43. The van der Waals surface area contributed by atoms with E-state index in [0.717, 1.165) is 13.1 Å². The summed E-state index contributed by atoms with van der Waals surface area (Å²) < 4.78 is 0. The summed E-state index contributed by atoms with van der Waals surface area (Å²) in [4.78, 5) is 0. The minimum Gasteiger partial charge on any atom is -0.312 e. The molecule has 1 atom stereocenters. The Morgan fingerprint density at radius 1 is 1.33 bits per heavy atom. The van der Waals surface area contributed by atoms with Gasteiger partial charge in [0, 0.05) is 13.1 Å². The molecule has 0 radical (unpaired) electrons. The fourth-order valence-electron chi connectivity index (χ4n) is 1.71. The van der Waals surface area contributed by atoms with Crippen LogP contribution < -0.4 is 5.32 Å². The molecule has 0 saturated heterocycles. The molecule has 0 bridgehead atoms. The maximum absolute atomic E-state index is 3.39. The fraction of sp³-hybridized carbons (Fsp3) is 0.400. The highest BCUT2D eigenvalue weighted by atomic mass is 35.5. The van der Waals surface area contributed by atoms with Crippen molar-refractivity contribution < 1.29 is 0 Å². The van der Waals surface area contributed by atoms with Gasteiger partial charge in [-0.25, -0.2) is 0 Å². The summed E-state index contributed by atoms with van der Waals surface area (Å²) in [6.07, 6.45) is 0. The van der Waals surface area contributed by atoms with Crippen molar-refractivity contribution in [1.29, 1.82) is 0 Å². The lowest BCUT2D eigenvalue weighted by Crippen LogP contribution is -2.26. The van der Waals surface area contributed by atoms with Crippen LogP contribution in [0.25, 0.3) is 0 Å². The smallest absolute Gasteiger partial charge is 0.0208 e. The van der Waals surface area contributed by atoms with E-state index in [9.17, 15) is 0 Å². The van der Waals surface area contributed by atoms with Gasteiger partial charge in [0.15, 0.2) is 0 Å². The van der Waals surface area contributed by atoms with E-state index in [1.54, 1.807) is 0 Å². The van der Waals surface area contributed by atoms with Gasteiger partial charge in [-0.1, -0.05) is 31.2 Å². The molecule has 0 saturated carbocycles. The maximum atomic E-state index is 3.39. The van der Waals surface area contributed by atoms with E-state index in [1.165, 1.54) is 11.1 Å². The van der Waals surface area contributed by atoms with Crippen molar-refractivity contribution in [2.24, 2.45) is 0 Å². The Bertz CT molecular complexity index is 260. The Morgan fingerprint density at radius 2 is 2.08 bits per heavy atom. The summed E-state index contributed by atoms with van der Waals surface area (Å²) in [5, 5.41) is 3.39. The summed E-state index contributed by atoms with van der Waals surface area (Å²) in [5.41, 5.74) is 2.98. The van der Waals surface area contributed by atoms with Crippen LogP contribution in [0.3, 0.4) is 0 Å². The van der Waals surface area contributed by atoms with Crippen molar-refractivity contribution in [2.75, 3.05) is 6.54 Å². The number of halogens is 1. The molecule has 0 aliphatic carbocycles. The zero-order valence-electron chi connectivity index (χ0n) is 7.21. The molecule has 2 heteroatoms. The first-order valence-electron chi connectivity index (χ1n) is 4.16. The first-order chi connectivity index (χ1) is 5.38. The van der Waals surface area contributed by atoms with Crippen molar-refractivity contribution in [3.8, 4) is 0 Å². The Morgan fingerprint density at radius 3 is 2.83 bits per heavy atom. The predicted molar refractivity (Wildman–Crippen MR) is 53.8 cm³/mol. The largest absolute Gasteiger partial charge is 0.312 e. The third kappa shape index (κ3) is 1.62. The van der Waals surface area contributed by atoms with Crippen molar-refractivity contribution >= 4 is 12.4 Å². The first-order valence-corrected chi connectivity index (χ1v) is 4.16. The van der Waals surface area contributed by atoms with Gasteiger partial charge in [-0.15, -0.1) is 12.4 Å². The molecular formula is C10H14ClN. The minimum absolute atomic E-state index is 0. The highest BCUT2D eigenvalue weighted by molar-refractivity contribution is 5.85. The van der Waals surface area contributed by atoms with Crippen molar-refractivity contribution in [2.45, 2.75) is 19.4 Å². The van der Waals surface area contributed by atoms with Crippen LogP contribution >= 0.6 is 12.4 Å². The van der Waals surface area contributed by atoms with E-state index in [-0.39, 0.29) is 12.4 Å². The van der Waals surface area contributed by atoms with Crippen LogP contribution in [0.1, 0.15) is 24.0 Å². The van der Waals surface area contributed by atoms with E-state index >= 15 is 0 Å². The monoisotopic (exact) mass is 183 g/mol. The van der Waals surface area contributed by atoms with Gasteiger partial charge >= 0.3 is 0 Å². The quantitative estimate of drug-likeness (QED) is 0.651. The van der Waals surface area contributed by atoms with Crippen LogP contribution in [0.5, 0.6) is 0 Å². The second kappa shape index (κ2) is 3.92. The summed E-state index contributed by atoms with van der Waals surface area (Å²) in [5.74, 6) is 0.681. The average molecular weight is 184 g/mol. The first kappa shape index (κ1) is 9.56. The SMILES string of the molecule is C[C@H]1CNCc2ccccc21.Cl. The molecule has 0 unspecified atom stereocenters. The Balaban J connectivity index is 0.000000720. The zero-order valence-corrected chi connectivity index (χ0v) is 8.03. The highest BCUT2D eigenvalue weighted by Crippen LogP contribution is 2.22. The number of benzene rings is 1. The Labute approximate surface area is 79.6 Å². The molecule has 1 aliphatic rings. The van der Waals surface area contributed by atoms with Crippen LogP contribution in [0.2, 0.25) is 0 Å². The molecule has 12 heavy (non-hydrogen) atoms. The molecule has 1 aromatic rings. The highest BCUT2D eigenvalue weighted by Gasteiger charge is 2.13. The standard InChI is InChI=1S/C10H13N.ClH/c1-8-6-11-7-9-4-2-3-5-10(8)9;/h2-5,8,11H,6-7H2,1H3;1H/t8-;/m0./s1. The molecule has 1 heterocycles. The molecule has 2 rings (SSSR count). The number of hydrogen-bond acceptors (Lipinski definition) is 1. The fourth-order valence-corrected chi connectivity index (χ4v) is 1.71. The Hall–Kier alpha value is -0.530. The molecule has 66 valence electrons. The number of rotatable bonds is 0. The van der Waals surface area contributed by atoms with Gasteiger partial charge in [-0.05, 0) is 17.0 Å². The topological polar surface area (TPSA) is 12.0 Å². The van der Waals surface area contributed by atoms with Crippen LogP contribution in [-0.2, 0) is 6.54 Å². The third-order valence-electron chi connectivity index (χ3n) is 2.35. The third-order valence-corrected chi connectivity index (χ3v) is 2.35. The second-order valence-electron chi connectivity index (χ2n) is 3.23. The van der Waals surface area contributed by atoms with Crippen LogP contribution in [0.15, 0.2) is 24.3 Å². The Kier molecular flexibility index (Phi) is 3.12. The molecule has 0 fully saturated rings. The summed E-state index contributed by atoms with van der Waals surface area (Å²) in [7, 11) is 0. The van der Waals surface area contributed by atoms with Crippen LogP contribution in [-0.4, -0.2) is 6.54 Å². The average Bonchev–Trinajstić information content (AvgIpc) is 2.06. The number of nitrogens with one attached hydrogen (secondary N) is 1. The lowest BCUT2D eigenvalue weighted by Gasteiger charge is -2.22. The van der Waals surface area contributed by atoms with Gasteiger partial charge in [0.25, 0.3) is 0 Å². The molecule has 0 aromatic heterocycles. The number of fused-ring (bicyclic) bond motifs is 1. The normalized spacial score (nSPS) is 20.9. The van der Waals surface area contributed by atoms with Gasteiger partial charge in [0.1, 0.15) is 0 Å². The van der Waals surface area contributed by atoms with E-state index in [4.69, 9.17) is 0 Å². The van der Waals surface area contributed by atoms with E-state index in [2.05, 4.69) is 36.5 Å². The summed E-state index contributed by atoms with van der Waals surface area (Å²) in [6, 6.07) is 8.68. The van der Waals surface area contributed by atoms with Crippen molar-refractivity contribution in [1.82, 2.24) is 5.32 Å². The van der Waals surface area contributed by atoms with Gasteiger partial charge in [-0.2, -0.15) is 0 Å². The van der Waals surface area contributed by atoms with Gasteiger partial charge < -0.3 is 5.32 Å². The molecular weight excluding hydrogens is 170 g/mol. The molecule has 1 aromatic carbocycles. The van der Waals surface area contributed by atoms with E-state index in [1.807, 2.05) is 0 Å². The van der Waals surface area contributed by atoms with E-state index < -0.39 is 0 Å². The predicted octanol–water partition coefficient (Wildman–Crippen LogP) is 2.32. The van der Waals surface area contributed by atoms with Crippen molar-refractivity contribution in [3.05, 3.63) is 35.4 Å². The lowest BCUT2D eigenvalue weighted by molar-refractivity contribution is 0.571. The molecule has 1 nitrogen and oxygen atoms in total. The van der Waals surface area contributed by atoms with Crippen LogP contribution in [0.4, 0.5) is 0 Å². The zero-order chi connectivity index (χ0) is 7.68. The molecule has 0 spiro atoms. The molecule has 0 amide bonds. The maximum Gasteiger partial charge on any atom is 0.0208 e. The lowest BCUT2D eigenvalue weighted by atomic mass is 9.93. The van der Waals surface area contributed by atoms with Gasteiger partial charge in [0.2, 0.25) is 0 Å². The number of hydrogen-bond donors (Lipinski definition) is 1. The van der Waals surface area contributed by atoms with Crippen molar-refractivity contribution in [3.63, 3.8) is 0 Å². The molecule has 1 N–H and O–H groups in total. The second-order valence-corrected chi connectivity index (χ2v) is 3.23. The van der Waals surface area contributed by atoms with Gasteiger partial charge in [-0.3, -0.25) is 0 Å². The summed E-state index contributed by atoms with van der Waals surface area (Å²) >= 11 is 0. The molecule has 1 aliphatic heterocycles. The van der Waals surface area contributed by atoms with Crippen LogP contribution in [0, 0.1) is 0 Å². The van der Waals surface area contributed by atoms with Gasteiger partial charge in [0.05, 0.1) is 0 Å². The van der Waals surface area contributed by atoms with E-state index in [0.29, 0.717) is 5.92 Å².